The van der Waals surface area contributed by atoms with Crippen LogP contribution in [0.3, 0.4) is 0 Å². The van der Waals surface area contributed by atoms with Gasteiger partial charge in [0.15, 0.2) is 0 Å². The summed E-state index contributed by atoms with van der Waals surface area (Å²) in [4.78, 5) is 2.41. The van der Waals surface area contributed by atoms with Crippen LogP contribution in [0.25, 0.3) is 0 Å². The van der Waals surface area contributed by atoms with Crippen molar-refractivity contribution in [1.82, 2.24) is 10.2 Å². The summed E-state index contributed by atoms with van der Waals surface area (Å²) in [6.07, 6.45) is 7.64. The highest BCUT2D eigenvalue weighted by atomic mass is 16.5. The highest BCUT2D eigenvalue weighted by molar-refractivity contribution is 4.98. The maximum absolute atomic E-state index is 5.43. The molecular weight excluding hydrogens is 188 g/mol. The molecule has 1 heterocycles. The third-order valence-electron chi connectivity index (χ3n) is 2.70. The van der Waals surface area contributed by atoms with E-state index in [1.54, 1.807) is 0 Å². The number of morpholine rings is 1. The lowest BCUT2D eigenvalue weighted by Gasteiger charge is -2.27. The lowest BCUT2D eigenvalue weighted by Crippen LogP contribution is -2.42. The Hall–Kier alpha value is -0.560. The van der Waals surface area contributed by atoms with Crippen molar-refractivity contribution in [2.75, 3.05) is 39.4 Å². The lowest BCUT2D eigenvalue weighted by molar-refractivity contribution is 0.0383. The fourth-order valence-corrected chi connectivity index (χ4v) is 1.75. The minimum atomic E-state index is 0.246. The normalized spacial score (nSPS) is 19.7. The molecule has 0 aromatic rings. The molecule has 1 aliphatic heterocycles. The van der Waals surface area contributed by atoms with Crippen LogP contribution >= 0.6 is 0 Å². The minimum Gasteiger partial charge on any atom is -0.379 e. The molecule has 1 rings (SSSR count). The second kappa shape index (κ2) is 7.70. The Kier molecular flexibility index (Phi) is 6.42. The van der Waals surface area contributed by atoms with Gasteiger partial charge in [-0.15, -0.1) is 6.42 Å². The summed E-state index contributed by atoms with van der Waals surface area (Å²) < 4.78 is 5.29. The first-order valence-electron chi connectivity index (χ1n) is 5.86. The molecule has 1 atom stereocenters. The van der Waals surface area contributed by atoms with Crippen LogP contribution in [-0.4, -0.2) is 50.3 Å². The fraction of sp³-hybridized carbons (Fsp3) is 0.833. The standard InChI is InChI=1S/C12H22N2O/c1-3-5-12(4-2)13-6-7-14-8-10-15-11-9-14/h2,12-13H,3,5-11H2,1H3. The van der Waals surface area contributed by atoms with E-state index in [1.807, 2.05) is 0 Å². The Bertz CT molecular complexity index is 194. The second-order valence-corrected chi connectivity index (χ2v) is 3.92. The van der Waals surface area contributed by atoms with E-state index in [4.69, 9.17) is 11.2 Å². The average Bonchev–Trinajstić information content (AvgIpc) is 2.29. The molecule has 86 valence electrons. The summed E-state index contributed by atoms with van der Waals surface area (Å²) in [6.45, 7) is 8.06. The van der Waals surface area contributed by atoms with Gasteiger partial charge in [-0.25, -0.2) is 0 Å². The summed E-state index contributed by atoms with van der Waals surface area (Å²) >= 11 is 0. The van der Waals surface area contributed by atoms with Crippen LogP contribution in [0.2, 0.25) is 0 Å². The Morgan fingerprint density at radius 3 is 2.80 bits per heavy atom. The highest BCUT2D eigenvalue weighted by Crippen LogP contribution is 1.97. The zero-order chi connectivity index (χ0) is 10.9. The van der Waals surface area contributed by atoms with E-state index in [2.05, 4.69) is 23.1 Å². The minimum absolute atomic E-state index is 0.246. The molecule has 3 heteroatoms. The van der Waals surface area contributed by atoms with E-state index in [9.17, 15) is 0 Å². The number of ether oxygens (including phenoxy) is 1. The fourth-order valence-electron chi connectivity index (χ4n) is 1.75. The largest absolute Gasteiger partial charge is 0.379 e. The third kappa shape index (κ3) is 5.17. The van der Waals surface area contributed by atoms with Gasteiger partial charge in [-0.05, 0) is 6.42 Å². The second-order valence-electron chi connectivity index (χ2n) is 3.92. The third-order valence-corrected chi connectivity index (χ3v) is 2.70. The average molecular weight is 210 g/mol. The van der Waals surface area contributed by atoms with Gasteiger partial charge in [0.05, 0.1) is 19.3 Å². The molecule has 0 aromatic heterocycles. The van der Waals surface area contributed by atoms with Crippen LogP contribution in [-0.2, 0) is 4.74 Å². The first kappa shape index (κ1) is 12.5. The van der Waals surface area contributed by atoms with E-state index < -0.39 is 0 Å². The van der Waals surface area contributed by atoms with Crippen molar-refractivity contribution in [1.29, 1.82) is 0 Å². The first-order valence-corrected chi connectivity index (χ1v) is 5.86. The van der Waals surface area contributed by atoms with E-state index >= 15 is 0 Å². The zero-order valence-corrected chi connectivity index (χ0v) is 9.67. The molecule has 3 nitrogen and oxygen atoms in total. The SMILES string of the molecule is C#CC(CCC)NCCN1CCOCC1. The van der Waals surface area contributed by atoms with Crippen molar-refractivity contribution in [3.8, 4) is 12.3 Å². The van der Waals surface area contributed by atoms with Gasteiger partial charge in [0.2, 0.25) is 0 Å². The monoisotopic (exact) mass is 210 g/mol. The van der Waals surface area contributed by atoms with Gasteiger partial charge < -0.3 is 10.1 Å². The van der Waals surface area contributed by atoms with Crippen molar-refractivity contribution >= 4 is 0 Å². The Balaban J connectivity index is 2.06. The van der Waals surface area contributed by atoms with Gasteiger partial charge in [-0.1, -0.05) is 19.3 Å². The summed E-state index contributed by atoms with van der Waals surface area (Å²) in [6, 6.07) is 0.246. The maximum Gasteiger partial charge on any atom is 0.0687 e. The Morgan fingerprint density at radius 1 is 1.47 bits per heavy atom. The van der Waals surface area contributed by atoms with Crippen molar-refractivity contribution < 1.29 is 4.74 Å². The maximum atomic E-state index is 5.43. The van der Waals surface area contributed by atoms with Crippen molar-refractivity contribution in [2.45, 2.75) is 25.8 Å². The molecular formula is C12H22N2O. The van der Waals surface area contributed by atoms with Crippen LogP contribution < -0.4 is 5.32 Å². The lowest BCUT2D eigenvalue weighted by atomic mass is 10.2. The van der Waals surface area contributed by atoms with Gasteiger partial charge in [-0.2, -0.15) is 0 Å². The van der Waals surface area contributed by atoms with Crippen LogP contribution in [0.1, 0.15) is 19.8 Å². The number of nitrogens with zero attached hydrogens (tertiary/aromatic N) is 1. The van der Waals surface area contributed by atoms with E-state index in [1.165, 1.54) is 0 Å². The van der Waals surface area contributed by atoms with Crippen LogP contribution in [0.5, 0.6) is 0 Å². The highest BCUT2D eigenvalue weighted by Gasteiger charge is 2.10. The molecule has 15 heavy (non-hydrogen) atoms. The van der Waals surface area contributed by atoms with Crippen LogP contribution in [0, 0.1) is 12.3 Å². The van der Waals surface area contributed by atoms with Crippen LogP contribution in [0.4, 0.5) is 0 Å². The van der Waals surface area contributed by atoms with Crippen LogP contribution in [0.15, 0.2) is 0 Å². The summed E-state index contributed by atoms with van der Waals surface area (Å²) in [5.74, 6) is 2.79. The number of nitrogens with one attached hydrogen (secondary N) is 1. The molecule has 1 N–H and O–H groups in total. The Morgan fingerprint density at radius 2 is 2.20 bits per heavy atom. The molecule has 0 radical (unpaired) electrons. The predicted octanol–water partition coefficient (Wildman–Crippen LogP) is 0.710. The number of terminal acetylenes is 1. The number of hydrogen-bond donors (Lipinski definition) is 1. The summed E-state index contributed by atoms with van der Waals surface area (Å²) in [7, 11) is 0. The molecule has 0 spiro atoms. The molecule has 1 unspecified atom stereocenters. The van der Waals surface area contributed by atoms with Crippen molar-refractivity contribution in [2.24, 2.45) is 0 Å². The predicted molar refractivity (Wildman–Crippen MR) is 62.8 cm³/mol. The molecule has 0 saturated carbocycles. The van der Waals surface area contributed by atoms with Gasteiger partial charge in [0.1, 0.15) is 0 Å². The van der Waals surface area contributed by atoms with E-state index in [0.29, 0.717) is 0 Å². The molecule has 1 saturated heterocycles. The zero-order valence-electron chi connectivity index (χ0n) is 9.67. The molecule has 1 fully saturated rings. The topological polar surface area (TPSA) is 24.5 Å². The molecule has 0 aromatic carbocycles. The molecule has 0 aliphatic carbocycles. The summed E-state index contributed by atoms with van der Waals surface area (Å²) in [5, 5.41) is 3.40. The summed E-state index contributed by atoms with van der Waals surface area (Å²) in [5.41, 5.74) is 0. The van der Waals surface area contributed by atoms with Crippen molar-refractivity contribution in [3.05, 3.63) is 0 Å². The van der Waals surface area contributed by atoms with E-state index in [-0.39, 0.29) is 6.04 Å². The van der Waals surface area contributed by atoms with Crippen molar-refractivity contribution in [3.63, 3.8) is 0 Å². The first-order chi connectivity index (χ1) is 7.36. The van der Waals surface area contributed by atoms with Gasteiger partial charge in [0, 0.05) is 26.2 Å². The molecule has 1 aliphatic rings. The van der Waals surface area contributed by atoms with Gasteiger partial charge >= 0.3 is 0 Å². The van der Waals surface area contributed by atoms with Gasteiger partial charge in [-0.3, -0.25) is 4.90 Å². The van der Waals surface area contributed by atoms with Gasteiger partial charge in [0.25, 0.3) is 0 Å². The number of hydrogen-bond acceptors (Lipinski definition) is 3. The molecule has 0 amide bonds. The quantitative estimate of drug-likeness (QED) is 0.654. The number of rotatable bonds is 6. The molecule has 0 bridgehead atoms. The smallest absolute Gasteiger partial charge is 0.0687 e. The Labute approximate surface area is 93.2 Å². The van der Waals surface area contributed by atoms with E-state index in [0.717, 1.165) is 52.2 Å².